The number of rotatable bonds is 3. The number of aromatic nitrogens is 1. The number of hydrogen-bond acceptors (Lipinski definition) is 5. The van der Waals surface area contributed by atoms with Crippen molar-refractivity contribution in [3.8, 4) is 0 Å². The molecule has 2 heterocycles. The van der Waals surface area contributed by atoms with Gasteiger partial charge in [-0.15, -0.1) is 0 Å². The van der Waals surface area contributed by atoms with Crippen LogP contribution in [-0.4, -0.2) is 46.4 Å². The summed E-state index contributed by atoms with van der Waals surface area (Å²) in [4.78, 5) is 29.2. The molecule has 0 saturated carbocycles. The van der Waals surface area contributed by atoms with Gasteiger partial charge >= 0.3 is 12.1 Å². The second-order valence-corrected chi connectivity index (χ2v) is 7.52. The second kappa shape index (κ2) is 6.47. The molecule has 0 unspecified atom stereocenters. The molecule has 24 heavy (non-hydrogen) atoms. The Hall–Kier alpha value is -2.02. The molecule has 2 N–H and O–H groups in total. The van der Waals surface area contributed by atoms with Crippen LogP contribution in [0.3, 0.4) is 0 Å². The number of nitrogens with zero attached hydrogens (tertiary/aromatic N) is 2. The van der Waals surface area contributed by atoms with Crippen LogP contribution in [0.25, 0.3) is 0 Å². The van der Waals surface area contributed by atoms with E-state index in [2.05, 4.69) is 10.3 Å². The van der Waals surface area contributed by atoms with Gasteiger partial charge in [-0.1, -0.05) is 11.6 Å². The Morgan fingerprint density at radius 1 is 1.46 bits per heavy atom. The van der Waals surface area contributed by atoms with Crippen LogP contribution in [0.1, 0.15) is 44.5 Å². The minimum absolute atomic E-state index is 0.0940. The maximum Gasteiger partial charge on any atom is 0.408 e. The molecule has 0 spiro atoms. The van der Waals surface area contributed by atoms with E-state index in [1.807, 2.05) is 11.8 Å². The van der Waals surface area contributed by atoms with E-state index in [-0.39, 0.29) is 10.7 Å². The molecule has 7 nitrogen and oxygen atoms in total. The average molecular weight is 356 g/mol. The van der Waals surface area contributed by atoms with Gasteiger partial charge in [-0.3, -0.25) is 0 Å². The van der Waals surface area contributed by atoms with Crippen molar-refractivity contribution >= 4 is 29.4 Å². The molecule has 1 amide bonds. The Morgan fingerprint density at radius 3 is 2.71 bits per heavy atom. The van der Waals surface area contributed by atoms with Crippen LogP contribution >= 0.6 is 11.6 Å². The van der Waals surface area contributed by atoms with Crippen LogP contribution in [0.2, 0.25) is 5.15 Å². The van der Waals surface area contributed by atoms with Gasteiger partial charge < -0.3 is 20.1 Å². The number of aromatic carboxylic acids is 1. The number of pyridine rings is 1. The number of carboxylic acids is 1. The van der Waals surface area contributed by atoms with Crippen molar-refractivity contribution in [2.24, 2.45) is 0 Å². The lowest BCUT2D eigenvalue weighted by atomic mass is 10.0. The van der Waals surface area contributed by atoms with Crippen molar-refractivity contribution in [1.82, 2.24) is 10.3 Å². The van der Waals surface area contributed by atoms with Gasteiger partial charge in [-0.25, -0.2) is 14.6 Å². The van der Waals surface area contributed by atoms with Gasteiger partial charge in [-0.05, 0) is 40.2 Å². The first-order valence-electron chi connectivity index (χ1n) is 7.65. The predicted octanol–water partition coefficient (Wildman–Crippen LogP) is 2.93. The summed E-state index contributed by atoms with van der Waals surface area (Å²) in [5.74, 6) is -1.07. The van der Waals surface area contributed by atoms with Crippen LogP contribution in [0, 0.1) is 0 Å². The Kier molecular flexibility index (Phi) is 4.94. The Labute approximate surface area is 146 Å². The van der Waals surface area contributed by atoms with Crippen LogP contribution in [0.4, 0.5) is 10.5 Å². The van der Waals surface area contributed by atoms with Crippen molar-refractivity contribution in [2.45, 2.75) is 45.3 Å². The van der Waals surface area contributed by atoms with Crippen LogP contribution in [-0.2, 0) is 4.74 Å². The second-order valence-electron chi connectivity index (χ2n) is 7.16. The highest BCUT2D eigenvalue weighted by Crippen LogP contribution is 2.33. The summed E-state index contributed by atoms with van der Waals surface area (Å²) in [5.41, 5.74) is -0.656. The molecule has 1 fully saturated rings. The van der Waals surface area contributed by atoms with E-state index in [9.17, 15) is 14.7 Å². The van der Waals surface area contributed by atoms with Crippen molar-refractivity contribution in [2.75, 3.05) is 18.0 Å². The number of hydrogen-bond donors (Lipinski definition) is 2. The van der Waals surface area contributed by atoms with Crippen LogP contribution < -0.4 is 10.2 Å². The van der Waals surface area contributed by atoms with E-state index in [4.69, 9.17) is 16.3 Å². The lowest BCUT2D eigenvalue weighted by Gasteiger charge is -2.29. The van der Waals surface area contributed by atoms with E-state index in [0.717, 1.165) is 0 Å². The average Bonchev–Trinajstić information content (AvgIpc) is 2.77. The van der Waals surface area contributed by atoms with Crippen LogP contribution in [0.15, 0.2) is 12.3 Å². The van der Waals surface area contributed by atoms with Gasteiger partial charge in [0.1, 0.15) is 5.60 Å². The highest BCUT2D eigenvalue weighted by Gasteiger charge is 2.38. The van der Waals surface area contributed by atoms with E-state index in [0.29, 0.717) is 25.2 Å². The van der Waals surface area contributed by atoms with Crippen molar-refractivity contribution in [1.29, 1.82) is 0 Å². The maximum atomic E-state index is 12.0. The zero-order valence-electron chi connectivity index (χ0n) is 14.2. The van der Waals surface area contributed by atoms with Gasteiger partial charge in [-0.2, -0.15) is 0 Å². The third kappa shape index (κ3) is 4.29. The number of ether oxygens (including phenoxy) is 1. The first-order valence-corrected chi connectivity index (χ1v) is 8.02. The molecule has 0 radical (unpaired) electrons. The molecule has 1 aliphatic heterocycles. The molecule has 1 aliphatic rings. The number of halogens is 1. The van der Waals surface area contributed by atoms with Gasteiger partial charge in [0.2, 0.25) is 0 Å². The van der Waals surface area contributed by atoms with Gasteiger partial charge in [0, 0.05) is 19.3 Å². The zero-order valence-corrected chi connectivity index (χ0v) is 15.0. The molecule has 0 bridgehead atoms. The normalized spacial score (nSPS) is 20.8. The molecule has 0 aliphatic carbocycles. The molecule has 132 valence electrons. The molecule has 1 saturated heterocycles. The number of carboxylic acid groups (broad SMARTS) is 1. The molecular weight excluding hydrogens is 334 g/mol. The largest absolute Gasteiger partial charge is 0.478 e. The number of alkyl carbamates (subject to hydrolysis) is 1. The van der Waals surface area contributed by atoms with E-state index in [1.54, 1.807) is 20.8 Å². The number of amides is 1. The highest BCUT2D eigenvalue weighted by atomic mass is 35.5. The maximum absolute atomic E-state index is 12.0. The topological polar surface area (TPSA) is 91.8 Å². The fourth-order valence-electron chi connectivity index (χ4n) is 2.71. The molecule has 0 aromatic carbocycles. The van der Waals surface area contributed by atoms with Crippen LogP contribution in [0.5, 0.6) is 0 Å². The molecular formula is C16H22ClN3O4. The molecule has 1 aromatic rings. The summed E-state index contributed by atoms with van der Waals surface area (Å²) in [6, 6.07) is 1.42. The first-order chi connectivity index (χ1) is 11.0. The number of carbonyl (C=O) groups excluding carboxylic acids is 1. The van der Waals surface area contributed by atoms with Gasteiger partial charge in [0.05, 0.1) is 16.8 Å². The highest BCUT2D eigenvalue weighted by molar-refractivity contribution is 6.32. The Morgan fingerprint density at radius 2 is 2.12 bits per heavy atom. The molecule has 8 heteroatoms. The summed E-state index contributed by atoms with van der Waals surface area (Å²) >= 11 is 6.11. The third-order valence-corrected chi connectivity index (χ3v) is 3.98. The number of anilines is 1. The van der Waals surface area contributed by atoms with Crippen molar-refractivity contribution in [3.63, 3.8) is 0 Å². The molecule has 2 rings (SSSR count). The lowest BCUT2D eigenvalue weighted by molar-refractivity contribution is 0.0472. The SMILES string of the molecule is CC(C)(C)OC(=O)N[C@@]1(C)CCN(c2c(C(=O)O)ccnc2Cl)C1. The Bertz CT molecular complexity index is 659. The van der Waals surface area contributed by atoms with Gasteiger partial charge in [0.15, 0.2) is 5.15 Å². The van der Waals surface area contributed by atoms with Crippen molar-refractivity contribution in [3.05, 3.63) is 23.0 Å². The monoisotopic (exact) mass is 355 g/mol. The first kappa shape index (κ1) is 18.3. The predicted molar refractivity (Wildman–Crippen MR) is 90.8 cm³/mol. The quantitative estimate of drug-likeness (QED) is 0.810. The number of nitrogens with one attached hydrogen (secondary N) is 1. The fourth-order valence-corrected chi connectivity index (χ4v) is 2.98. The minimum Gasteiger partial charge on any atom is -0.478 e. The minimum atomic E-state index is -1.07. The molecule has 1 atom stereocenters. The van der Waals surface area contributed by atoms with E-state index < -0.39 is 23.2 Å². The fraction of sp³-hybridized carbons (Fsp3) is 0.562. The summed E-state index contributed by atoms with van der Waals surface area (Å²) in [6.45, 7) is 8.25. The summed E-state index contributed by atoms with van der Waals surface area (Å²) in [7, 11) is 0. The Balaban J connectivity index is 2.16. The van der Waals surface area contributed by atoms with E-state index >= 15 is 0 Å². The van der Waals surface area contributed by atoms with Crippen molar-refractivity contribution < 1.29 is 19.4 Å². The lowest BCUT2D eigenvalue weighted by Crippen LogP contribution is -2.49. The number of carbonyl (C=O) groups is 2. The third-order valence-electron chi connectivity index (χ3n) is 3.70. The van der Waals surface area contributed by atoms with Gasteiger partial charge in [0.25, 0.3) is 0 Å². The summed E-state index contributed by atoms with van der Waals surface area (Å²) in [6.07, 6.45) is 1.50. The smallest absolute Gasteiger partial charge is 0.408 e. The standard InChI is InChI=1S/C16H22ClN3O4/c1-15(2,3)24-14(23)19-16(4)6-8-20(9-16)11-10(13(21)22)5-7-18-12(11)17/h5,7H,6,8-9H2,1-4H3,(H,19,23)(H,21,22)/t16-/m0/s1. The summed E-state index contributed by atoms with van der Waals surface area (Å²) in [5, 5.41) is 12.4. The van der Waals surface area contributed by atoms with E-state index in [1.165, 1.54) is 12.3 Å². The summed E-state index contributed by atoms with van der Waals surface area (Å²) < 4.78 is 5.29. The zero-order chi connectivity index (χ0) is 18.1. The molecule has 1 aromatic heterocycles.